The molecule has 0 unspecified atom stereocenters. The van der Waals surface area contributed by atoms with Gasteiger partial charge in [0.25, 0.3) is 0 Å². The first-order valence-corrected chi connectivity index (χ1v) is 6.20. The number of aliphatic hydroxyl groups is 2. The van der Waals surface area contributed by atoms with Crippen LogP contribution < -0.4 is 5.73 Å². The van der Waals surface area contributed by atoms with Gasteiger partial charge in [-0.05, 0) is 12.5 Å². The summed E-state index contributed by atoms with van der Waals surface area (Å²) in [6.45, 7) is 3.69. The van der Waals surface area contributed by atoms with Crippen LogP contribution in [0.2, 0.25) is 0 Å². The van der Waals surface area contributed by atoms with E-state index in [2.05, 4.69) is 21.8 Å². The lowest BCUT2D eigenvalue weighted by Gasteiger charge is -2.15. The average molecular weight is 260 g/mol. The smallest absolute Gasteiger partial charge is 0.151 e. The SMILES string of the molecule is C=C[C@H]1C[C@@H](c2[nH]nc3c(N)nccc23)[C@H](O)[C@@H]1O. The molecule has 6 heteroatoms. The fourth-order valence-electron chi connectivity index (χ4n) is 2.85. The van der Waals surface area contributed by atoms with Crippen LogP contribution in [-0.2, 0) is 0 Å². The lowest BCUT2D eigenvalue weighted by molar-refractivity contribution is 0.0226. The van der Waals surface area contributed by atoms with E-state index in [9.17, 15) is 10.2 Å². The Morgan fingerprint density at radius 3 is 2.89 bits per heavy atom. The zero-order valence-electron chi connectivity index (χ0n) is 10.3. The van der Waals surface area contributed by atoms with Gasteiger partial charge in [0.05, 0.1) is 12.2 Å². The molecule has 2 aromatic heterocycles. The Balaban J connectivity index is 2.06. The van der Waals surface area contributed by atoms with E-state index in [1.165, 1.54) is 0 Å². The number of H-pyrrole nitrogens is 1. The number of rotatable bonds is 2. The van der Waals surface area contributed by atoms with E-state index < -0.39 is 12.2 Å². The number of fused-ring (bicyclic) bond motifs is 1. The molecule has 0 bridgehead atoms. The summed E-state index contributed by atoms with van der Waals surface area (Å²) in [5, 5.41) is 28.0. The van der Waals surface area contributed by atoms with Gasteiger partial charge >= 0.3 is 0 Å². The van der Waals surface area contributed by atoms with Gasteiger partial charge in [-0.3, -0.25) is 5.10 Å². The van der Waals surface area contributed by atoms with Crippen LogP contribution >= 0.6 is 0 Å². The highest BCUT2D eigenvalue weighted by atomic mass is 16.3. The molecule has 2 aromatic rings. The molecule has 19 heavy (non-hydrogen) atoms. The number of hydrogen-bond donors (Lipinski definition) is 4. The molecule has 0 aliphatic heterocycles. The molecule has 100 valence electrons. The summed E-state index contributed by atoms with van der Waals surface area (Å²) in [6.07, 6.45) is 2.30. The Morgan fingerprint density at radius 1 is 1.42 bits per heavy atom. The van der Waals surface area contributed by atoms with Crippen molar-refractivity contribution < 1.29 is 10.2 Å². The Bertz CT molecular complexity index is 624. The Hall–Kier alpha value is -1.92. The van der Waals surface area contributed by atoms with Gasteiger partial charge in [-0.15, -0.1) is 6.58 Å². The molecule has 1 aliphatic carbocycles. The molecule has 0 aromatic carbocycles. The van der Waals surface area contributed by atoms with E-state index in [0.717, 1.165) is 11.1 Å². The van der Waals surface area contributed by atoms with Crippen molar-refractivity contribution in [3.63, 3.8) is 0 Å². The molecule has 6 nitrogen and oxygen atoms in total. The molecule has 0 saturated heterocycles. The number of aromatic nitrogens is 3. The first-order valence-electron chi connectivity index (χ1n) is 6.20. The summed E-state index contributed by atoms with van der Waals surface area (Å²) in [5.74, 6) is 0.0376. The van der Waals surface area contributed by atoms with Crippen molar-refractivity contribution in [2.24, 2.45) is 5.92 Å². The largest absolute Gasteiger partial charge is 0.390 e. The minimum atomic E-state index is -0.832. The zero-order chi connectivity index (χ0) is 13.6. The second-order valence-electron chi connectivity index (χ2n) is 4.95. The van der Waals surface area contributed by atoms with E-state index in [4.69, 9.17) is 5.73 Å². The van der Waals surface area contributed by atoms with Crippen molar-refractivity contribution in [1.29, 1.82) is 0 Å². The third-order valence-electron chi connectivity index (χ3n) is 3.93. The fraction of sp³-hybridized carbons (Fsp3) is 0.385. The first kappa shape index (κ1) is 12.1. The Morgan fingerprint density at radius 2 is 2.21 bits per heavy atom. The molecular weight excluding hydrogens is 244 g/mol. The maximum absolute atomic E-state index is 10.2. The van der Waals surface area contributed by atoms with Gasteiger partial charge < -0.3 is 15.9 Å². The van der Waals surface area contributed by atoms with Crippen molar-refractivity contribution in [3.8, 4) is 0 Å². The average Bonchev–Trinajstić information content (AvgIpc) is 2.94. The fourth-order valence-corrected chi connectivity index (χ4v) is 2.85. The van der Waals surface area contributed by atoms with Crippen LogP contribution in [0.5, 0.6) is 0 Å². The topological polar surface area (TPSA) is 108 Å². The van der Waals surface area contributed by atoms with Crippen molar-refractivity contribution in [1.82, 2.24) is 15.2 Å². The number of pyridine rings is 1. The monoisotopic (exact) mass is 260 g/mol. The van der Waals surface area contributed by atoms with Crippen LogP contribution in [0.15, 0.2) is 24.9 Å². The molecule has 3 rings (SSSR count). The molecule has 2 heterocycles. The first-order chi connectivity index (χ1) is 9.13. The molecule has 4 atom stereocenters. The zero-order valence-corrected chi connectivity index (χ0v) is 10.3. The predicted octanol–water partition coefficient (Wildman–Crippen LogP) is 0.551. The third-order valence-corrected chi connectivity index (χ3v) is 3.93. The highest BCUT2D eigenvalue weighted by Crippen LogP contribution is 2.41. The van der Waals surface area contributed by atoms with Gasteiger partial charge in [-0.1, -0.05) is 6.08 Å². The van der Waals surface area contributed by atoms with Gasteiger partial charge in [0.2, 0.25) is 0 Å². The lowest BCUT2D eigenvalue weighted by atomic mass is 9.98. The minimum Gasteiger partial charge on any atom is -0.390 e. The maximum atomic E-state index is 10.2. The number of nitrogens with two attached hydrogens (primary N) is 1. The number of aliphatic hydroxyl groups excluding tert-OH is 2. The summed E-state index contributed by atoms with van der Waals surface area (Å²) >= 11 is 0. The normalized spacial score (nSPS) is 30.8. The van der Waals surface area contributed by atoms with Crippen molar-refractivity contribution in [3.05, 3.63) is 30.6 Å². The van der Waals surface area contributed by atoms with E-state index in [1.54, 1.807) is 12.3 Å². The van der Waals surface area contributed by atoms with E-state index in [0.29, 0.717) is 17.8 Å². The molecule has 1 aliphatic rings. The van der Waals surface area contributed by atoms with Crippen LogP contribution in [0, 0.1) is 5.92 Å². The van der Waals surface area contributed by atoms with Crippen LogP contribution in [0.25, 0.3) is 10.9 Å². The standard InChI is InChI=1S/C13H16N4O2/c1-2-6-5-8(12(19)11(6)18)9-7-3-4-15-13(14)10(7)17-16-9/h2-4,6,8,11-12,18-19H,1,5H2,(H2,14,15)(H,16,17)/t6-,8-,11+,12-/m0/s1. The molecule has 0 radical (unpaired) electrons. The number of anilines is 1. The summed E-state index contributed by atoms with van der Waals surface area (Å²) in [4.78, 5) is 3.98. The molecule has 1 saturated carbocycles. The van der Waals surface area contributed by atoms with Crippen molar-refractivity contribution >= 4 is 16.7 Å². The van der Waals surface area contributed by atoms with Gasteiger partial charge in [-0.25, -0.2) is 4.98 Å². The van der Waals surface area contributed by atoms with Gasteiger partial charge in [0, 0.05) is 29.1 Å². The summed E-state index contributed by atoms with van der Waals surface area (Å²) in [6, 6.07) is 1.81. The molecule has 1 fully saturated rings. The van der Waals surface area contributed by atoms with Gasteiger partial charge in [0.15, 0.2) is 5.82 Å². The lowest BCUT2D eigenvalue weighted by Crippen LogP contribution is -2.26. The Kier molecular flexibility index (Phi) is 2.76. The van der Waals surface area contributed by atoms with Crippen molar-refractivity contribution in [2.45, 2.75) is 24.5 Å². The number of nitrogen functional groups attached to an aromatic ring is 1. The molecule has 5 N–H and O–H groups in total. The highest BCUT2D eigenvalue weighted by Gasteiger charge is 2.42. The number of aromatic amines is 1. The van der Waals surface area contributed by atoms with Crippen molar-refractivity contribution in [2.75, 3.05) is 5.73 Å². The quantitative estimate of drug-likeness (QED) is 0.590. The maximum Gasteiger partial charge on any atom is 0.151 e. The highest BCUT2D eigenvalue weighted by molar-refractivity contribution is 5.89. The summed E-state index contributed by atoms with van der Waals surface area (Å²) in [7, 11) is 0. The minimum absolute atomic E-state index is 0.113. The molecule has 0 spiro atoms. The number of hydrogen-bond acceptors (Lipinski definition) is 5. The van der Waals surface area contributed by atoms with Crippen LogP contribution in [-0.4, -0.2) is 37.6 Å². The van der Waals surface area contributed by atoms with E-state index >= 15 is 0 Å². The molecular formula is C13H16N4O2. The summed E-state index contributed by atoms with van der Waals surface area (Å²) < 4.78 is 0. The second kappa shape index (κ2) is 4.32. The van der Waals surface area contributed by atoms with E-state index in [1.807, 2.05) is 6.07 Å². The molecule has 0 amide bonds. The summed E-state index contributed by atoms with van der Waals surface area (Å²) in [5.41, 5.74) is 7.15. The number of nitrogens with zero attached hydrogens (tertiary/aromatic N) is 2. The second-order valence-corrected chi connectivity index (χ2v) is 4.95. The Labute approximate surface area is 110 Å². The number of nitrogens with one attached hydrogen (secondary N) is 1. The van der Waals surface area contributed by atoms with Crippen LogP contribution in [0.3, 0.4) is 0 Å². The third kappa shape index (κ3) is 1.72. The van der Waals surface area contributed by atoms with E-state index in [-0.39, 0.29) is 11.8 Å². The van der Waals surface area contributed by atoms with Crippen LogP contribution in [0.1, 0.15) is 18.0 Å². The van der Waals surface area contributed by atoms with Gasteiger partial charge in [-0.2, -0.15) is 5.10 Å². The van der Waals surface area contributed by atoms with Gasteiger partial charge in [0.1, 0.15) is 5.52 Å². The van der Waals surface area contributed by atoms with Crippen LogP contribution in [0.4, 0.5) is 5.82 Å². The predicted molar refractivity (Wildman–Crippen MR) is 71.4 cm³/mol.